The van der Waals surface area contributed by atoms with Crippen LogP contribution in [0.2, 0.25) is 0 Å². The Balaban J connectivity index is 1.93. The van der Waals surface area contributed by atoms with Gasteiger partial charge in [-0.25, -0.2) is 0 Å². The van der Waals surface area contributed by atoms with E-state index in [-0.39, 0.29) is 17.8 Å². The Hall–Kier alpha value is -1.59. The SMILES string of the molecule is CN(CC1CNCCO1)C(=O)c1ccc(O)cc1. The third kappa shape index (κ3) is 3.21. The number of hydrogen-bond donors (Lipinski definition) is 2. The number of carbonyl (C=O) groups is 1. The molecule has 1 aliphatic rings. The average molecular weight is 250 g/mol. The summed E-state index contributed by atoms with van der Waals surface area (Å²) in [6.07, 6.45) is 0.0461. The number of benzene rings is 1. The molecular weight excluding hydrogens is 232 g/mol. The number of morpholine rings is 1. The summed E-state index contributed by atoms with van der Waals surface area (Å²) in [5.74, 6) is 0.0955. The average Bonchev–Trinajstić information content (AvgIpc) is 2.40. The summed E-state index contributed by atoms with van der Waals surface area (Å²) in [7, 11) is 1.76. The number of nitrogens with zero attached hydrogens (tertiary/aromatic N) is 1. The fraction of sp³-hybridized carbons (Fsp3) is 0.462. The third-order valence-electron chi connectivity index (χ3n) is 2.94. The topological polar surface area (TPSA) is 61.8 Å². The van der Waals surface area contributed by atoms with Crippen LogP contribution in [0.25, 0.3) is 0 Å². The molecule has 1 heterocycles. The van der Waals surface area contributed by atoms with Gasteiger partial charge in [-0.3, -0.25) is 4.79 Å². The van der Waals surface area contributed by atoms with Crippen LogP contribution >= 0.6 is 0 Å². The van der Waals surface area contributed by atoms with Crippen LogP contribution in [0.1, 0.15) is 10.4 Å². The summed E-state index contributed by atoms with van der Waals surface area (Å²) in [4.78, 5) is 13.7. The van der Waals surface area contributed by atoms with Crippen molar-refractivity contribution in [2.24, 2.45) is 0 Å². The minimum atomic E-state index is -0.0656. The van der Waals surface area contributed by atoms with Crippen molar-refractivity contribution in [3.05, 3.63) is 29.8 Å². The molecule has 1 saturated heterocycles. The first kappa shape index (κ1) is 12.9. The second-order valence-corrected chi connectivity index (χ2v) is 4.43. The molecule has 0 bridgehead atoms. The van der Waals surface area contributed by atoms with Crippen molar-refractivity contribution < 1.29 is 14.6 Å². The summed E-state index contributed by atoms with van der Waals surface area (Å²) in [5, 5.41) is 12.4. The van der Waals surface area contributed by atoms with E-state index in [1.54, 1.807) is 24.1 Å². The number of rotatable bonds is 3. The zero-order valence-corrected chi connectivity index (χ0v) is 10.4. The van der Waals surface area contributed by atoms with Crippen molar-refractivity contribution in [2.75, 3.05) is 33.3 Å². The van der Waals surface area contributed by atoms with Crippen LogP contribution in [0.3, 0.4) is 0 Å². The molecule has 1 unspecified atom stereocenters. The van der Waals surface area contributed by atoms with Crippen molar-refractivity contribution in [1.82, 2.24) is 10.2 Å². The van der Waals surface area contributed by atoms with Gasteiger partial charge in [0.1, 0.15) is 5.75 Å². The van der Waals surface area contributed by atoms with E-state index in [2.05, 4.69) is 5.32 Å². The molecule has 18 heavy (non-hydrogen) atoms. The van der Waals surface area contributed by atoms with E-state index < -0.39 is 0 Å². The number of amides is 1. The van der Waals surface area contributed by atoms with Crippen LogP contribution in [0, 0.1) is 0 Å². The van der Waals surface area contributed by atoms with E-state index in [9.17, 15) is 9.90 Å². The van der Waals surface area contributed by atoms with Crippen LogP contribution in [0.4, 0.5) is 0 Å². The van der Waals surface area contributed by atoms with Crippen LogP contribution in [-0.4, -0.2) is 55.3 Å². The molecule has 0 aromatic heterocycles. The molecule has 1 aromatic rings. The van der Waals surface area contributed by atoms with Gasteiger partial charge in [0.25, 0.3) is 5.91 Å². The minimum Gasteiger partial charge on any atom is -0.508 e. The molecule has 0 spiro atoms. The van der Waals surface area contributed by atoms with Gasteiger partial charge in [-0.1, -0.05) is 0 Å². The Morgan fingerprint density at radius 2 is 2.22 bits per heavy atom. The molecule has 2 N–H and O–H groups in total. The van der Waals surface area contributed by atoms with E-state index in [0.29, 0.717) is 18.7 Å². The van der Waals surface area contributed by atoms with E-state index >= 15 is 0 Å². The molecule has 5 heteroatoms. The fourth-order valence-electron chi connectivity index (χ4n) is 1.95. The van der Waals surface area contributed by atoms with Crippen molar-refractivity contribution in [2.45, 2.75) is 6.10 Å². The van der Waals surface area contributed by atoms with Gasteiger partial charge in [0.15, 0.2) is 0 Å². The zero-order valence-electron chi connectivity index (χ0n) is 10.4. The number of ether oxygens (including phenoxy) is 1. The first-order chi connectivity index (χ1) is 8.66. The molecule has 98 valence electrons. The number of phenols is 1. The van der Waals surface area contributed by atoms with E-state index in [1.807, 2.05) is 0 Å². The molecule has 0 aliphatic carbocycles. The summed E-state index contributed by atoms with van der Waals surface area (Å²) < 4.78 is 5.56. The standard InChI is InChI=1S/C13H18N2O3/c1-15(9-12-8-14-6-7-18-12)13(17)10-2-4-11(16)5-3-10/h2-5,12,14,16H,6-9H2,1H3. The second-order valence-electron chi connectivity index (χ2n) is 4.43. The molecule has 1 aromatic carbocycles. The largest absolute Gasteiger partial charge is 0.508 e. The lowest BCUT2D eigenvalue weighted by atomic mass is 10.2. The predicted octanol–water partition coefficient (Wildman–Crippen LogP) is 0.453. The Morgan fingerprint density at radius 1 is 1.50 bits per heavy atom. The highest BCUT2D eigenvalue weighted by Crippen LogP contribution is 2.11. The number of phenolic OH excluding ortho intramolecular Hbond substituents is 1. The summed E-state index contributed by atoms with van der Waals surface area (Å²) in [5.41, 5.74) is 0.569. The number of carbonyl (C=O) groups excluding carboxylic acids is 1. The number of nitrogens with one attached hydrogen (secondary N) is 1. The quantitative estimate of drug-likeness (QED) is 0.818. The molecule has 1 fully saturated rings. The lowest BCUT2D eigenvalue weighted by Gasteiger charge is -2.28. The molecule has 5 nitrogen and oxygen atoms in total. The van der Waals surface area contributed by atoms with Crippen molar-refractivity contribution in [1.29, 1.82) is 0 Å². The summed E-state index contributed by atoms with van der Waals surface area (Å²) >= 11 is 0. The van der Waals surface area contributed by atoms with E-state index in [4.69, 9.17) is 4.74 Å². The number of likely N-dealkylation sites (N-methyl/N-ethyl adjacent to an activating group) is 1. The molecule has 0 saturated carbocycles. The molecule has 1 amide bonds. The second kappa shape index (κ2) is 5.84. The van der Waals surface area contributed by atoms with Gasteiger partial charge < -0.3 is 20.1 Å². The number of aromatic hydroxyl groups is 1. The van der Waals surface area contributed by atoms with Crippen molar-refractivity contribution in [3.63, 3.8) is 0 Å². The molecule has 2 rings (SSSR count). The normalized spacial score (nSPS) is 19.5. The monoisotopic (exact) mass is 250 g/mol. The zero-order chi connectivity index (χ0) is 13.0. The highest BCUT2D eigenvalue weighted by atomic mass is 16.5. The first-order valence-electron chi connectivity index (χ1n) is 6.03. The maximum Gasteiger partial charge on any atom is 0.253 e. The molecule has 1 aliphatic heterocycles. The van der Waals surface area contributed by atoms with E-state index in [0.717, 1.165) is 13.1 Å². The highest BCUT2D eigenvalue weighted by Gasteiger charge is 2.19. The summed E-state index contributed by atoms with van der Waals surface area (Å²) in [6, 6.07) is 6.27. The van der Waals surface area contributed by atoms with Crippen molar-refractivity contribution >= 4 is 5.91 Å². The van der Waals surface area contributed by atoms with Gasteiger partial charge in [0, 0.05) is 32.2 Å². The summed E-state index contributed by atoms with van der Waals surface area (Å²) in [6.45, 7) is 2.89. The van der Waals surface area contributed by atoms with E-state index in [1.165, 1.54) is 12.1 Å². The third-order valence-corrected chi connectivity index (χ3v) is 2.94. The Labute approximate surface area is 106 Å². The van der Waals surface area contributed by atoms with Gasteiger partial charge in [-0.15, -0.1) is 0 Å². The number of hydrogen-bond acceptors (Lipinski definition) is 4. The van der Waals surface area contributed by atoms with Crippen LogP contribution in [-0.2, 0) is 4.74 Å². The lowest BCUT2D eigenvalue weighted by molar-refractivity contribution is 0.0104. The lowest BCUT2D eigenvalue weighted by Crippen LogP contribution is -2.45. The fourth-order valence-corrected chi connectivity index (χ4v) is 1.95. The van der Waals surface area contributed by atoms with Crippen LogP contribution < -0.4 is 5.32 Å². The van der Waals surface area contributed by atoms with Gasteiger partial charge >= 0.3 is 0 Å². The molecule has 0 radical (unpaired) electrons. The smallest absolute Gasteiger partial charge is 0.253 e. The Kier molecular flexibility index (Phi) is 4.17. The Bertz CT molecular complexity index is 399. The van der Waals surface area contributed by atoms with Gasteiger partial charge in [0.05, 0.1) is 12.7 Å². The van der Waals surface area contributed by atoms with Gasteiger partial charge in [-0.05, 0) is 24.3 Å². The minimum absolute atomic E-state index is 0.0461. The predicted molar refractivity (Wildman–Crippen MR) is 67.7 cm³/mol. The highest BCUT2D eigenvalue weighted by molar-refractivity contribution is 5.94. The maximum absolute atomic E-state index is 12.1. The first-order valence-corrected chi connectivity index (χ1v) is 6.03. The maximum atomic E-state index is 12.1. The van der Waals surface area contributed by atoms with Crippen LogP contribution in [0.15, 0.2) is 24.3 Å². The van der Waals surface area contributed by atoms with Crippen molar-refractivity contribution in [3.8, 4) is 5.75 Å². The van der Waals surface area contributed by atoms with Crippen LogP contribution in [0.5, 0.6) is 5.75 Å². The Morgan fingerprint density at radius 3 is 2.83 bits per heavy atom. The van der Waals surface area contributed by atoms with Gasteiger partial charge in [-0.2, -0.15) is 0 Å². The van der Waals surface area contributed by atoms with Gasteiger partial charge in [0.2, 0.25) is 0 Å². The molecule has 1 atom stereocenters. The molecular formula is C13H18N2O3.